The van der Waals surface area contributed by atoms with Gasteiger partial charge in [0.05, 0.1) is 11.4 Å². The minimum atomic E-state index is -0.523. The molecule has 1 aliphatic rings. The number of hydrogen-bond acceptors (Lipinski definition) is 3. The number of piperazine rings is 1. The molecule has 0 radical (unpaired) electrons. The van der Waals surface area contributed by atoms with Crippen LogP contribution in [0, 0.1) is 5.41 Å². The van der Waals surface area contributed by atoms with E-state index < -0.39 is 12.1 Å². The zero-order chi connectivity index (χ0) is 15.9. The largest absolute Gasteiger partial charge is 0.342 e. The van der Waals surface area contributed by atoms with Crippen molar-refractivity contribution in [2.45, 2.75) is 53.1 Å². The number of hydrogen-bond donors (Lipinski definition) is 1. The second-order valence-corrected chi connectivity index (χ2v) is 6.68. The third-order valence-electron chi connectivity index (χ3n) is 3.88. The zero-order valence-electron chi connectivity index (χ0n) is 13.6. The van der Waals surface area contributed by atoms with E-state index in [1.54, 1.807) is 16.5 Å². The summed E-state index contributed by atoms with van der Waals surface area (Å²) in [5, 5.41) is 7.22. The Hall–Kier alpha value is -1.85. The Morgan fingerprint density at radius 3 is 2.48 bits per heavy atom. The highest BCUT2D eigenvalue weighted by Gasteiger charge is 2.45. The number of nitrogens with zero attached hydrogens (tertiary/aromatic N) is 3. The number of amides is 2. The van der Waals surface area contributed by atoms with Gasteiger partial charge in [0.15, 0.2) is 0 Å². The number of carbonyl (C=O) groups excluding carboxylic acids is 2. The standard InChI is InChI=1S/C15H24N4O2/c1-7-10-11(8-18(6)17-10)19-9(2)13(20)16-12(14(19)21)15(3,4)5/h8-9,12H,7H2,1-6H3,(H,16,20). The molecule has 0 aliphatic carbocycles. The summed E-state index contributed by atoms with van der Waals surface area (Å²) in [4.78, 5) is 26.7. The number of nitrogens with one attached hydrogen (secondary N) is 1. The van der Waals surface area contributed by atoms with E-state index >= 15 is 0 Å². The molecule has 0 bridgehead atoms. The Labute approximate surface area is 125 Å². The fourth-order valence-corrected chi connectivity index (χ4v) is 2.66. The van der Waals surface area contributed by atoms with Crippen molar-refractivity contribution in [1.29, 1.82) is 0 Å². The molecule has 1 N–H and O–H groups in total. The van der Waals surface area contributed by atoms with Crippen LogP contribution in [0.1, 0.15) is 40.3 Å². The third kappa shape index (κ3) is 2.66. The molecule has 1 aromatic rings. The average molecular weight is 292 g/mol. The van der Waals surface area contributed by atoms with Crippen LogP contribution in [0.15, 0.2) is 6.20 Å². The van der Waals surface area contributed by atoms with Crippen LogP contribution in [0.2, 0.25) is 0 Å². The van der Waals surface area contributed by atoms with Gasteiger partial charge in [0.1, 0.15) is 12.1 Å². The summed E-state index contributed by atoms with van der Waals surface area (Å²) < 4.78 is 1.69. The molecule has 1 fully saturated rings. The predicted molar refractivity (Wildman–Crippen MR) is 80.9 cm³/mol. The van der Waals surface area contributed by atoms with E-state index in [1.165, 1.54) is 0 Å². The third-order valence-corrected chi connectivity index (χ3v) is 3.88. The summed E-state index contributed by atoms with van der Waals surface area (Å²) in [5.41, 5.74) is 1.24. The summed E-state index contributed by atoms with van der Waals surface area (Å²) in [5.74, 6) is -0.197. The summed E-state index contributed by atoms with van der Waals surface area (Å²) in [6, 6.07) is -1.04. The van der Waals surface area contributed by atoms with E-state index in [4.69, 9.17) is 0 Å². The topological polar surface area (TPSA) is 67.2 Å². The van der Waals surface area contributed by atoms with Crippen molar-refractivity contribution in [2.75, 3.05) is 4.90 Å². The van der Waals surface area contributed by atoms with Crippen LogP contribution in [0.25, 0.3) is 0 Å². The maximum Gasteiger partial charge on any atom is 0.250 e. The summed E-state index contributed by atoms with van der Waals surface area (Å²) >= 11 is 0. The lowest BCUT2D eigenvalue weighted by Crippen LogP contribution is -2.66. The summed E-state index contributed by atoms with van der Waals surface area (Å²) in [6.07, 6.45) is 2.53. The van der Waals surface area contributed by atoms with Crippen LogP contribution in [0.5, 0.6) is 0 Å². The fourth-order valence-electron chi connectivity index (χ4n) is 2.66. The molecule has 1 saturated heterocycles. The van der Waals surface area contributed by atoms with Gasteiger partial charge >= 0.3 is 0 Å². The number of rotatable bonds is 2. The first-order valence-corrected chi connectivity index (χ1v) is 7.32. The maximum atomic E-state index is 12.9. The molecule has 21 heavy (non-hydrogen) atoms. The SMILES string of the molecule is CCc1nn(C)cc1N1C(=O)C(C(C)(C)C)NC(=O)C1C. The maximum absolute atomic E-state index is 12.9. The molecule has 1 aliphatic heterocycles. The van der Waals surface area contributed by atoms with Crippen molar-refractivity contribution in [3.63, 3.8) is 0 Å². The van der Waals surface area contributed by atoms with Crippen LogP contribution < -0.4 is 10.2 Å². The van der Waals surface area contributed by atoms with E-state index in [0.717, 1.165) is 11.4 Å². The molecule has 2 amide bonds. The van der Waals surface area contributed by atoms with E-state index in [-0.39, 0.29) is 17.2 Å². The highest BCUT2D eigenvalue weighted by atomic mass is 16.2. The Morgan fingerprint density at radius 1 is 1.33 bits per heavy atom. The molecule has 2 heterocycles. The molecule has 0 saturated carbocycles. The second kappa shape index (κ2) is 5.16. The Kier molecular flexibility index (Phi) is 3.82. The highest BCUT2D eigenvalue weighted by Crippen LogP contribution is 2.30. The van der Waals surface area contributed by atoms with E-state index in [9.17, 15) is 9.59 Å². The normalized spacial score (nSPS) is 23.4. The number of carbonyl (C=O) groups is 2. The van der Waals surface area contributed by atoms with Crippen LogP contribution >= 0.6 is 0 Å². The lowest BCUT2D eigenvalue weighted by molar-refractivity contribution is -0.136. The summed E-state index contributed by atoms with van der Waals surface area (Å²) in [6.45, 7) is 9.60. The minimum Gasteiger partial charge on any atom is -0.342 e. The summed E-state index contributed by atoms with van der Waals surface area (Å²) in [7, 11) is 1.82. The van der Waals surface area contributed by atoms with Crippen LogP contribution in [-0.4, -0.2) is 33.7 Å². The molecular formula is C15H24N4O2. The van der Waals surface area contributed by atoms with Crippen molar-refractivity contribution in [1.82, 2.24) is 15.1 Å². The van der Waals surface area contributed by atoms with Crippen molar-refractivity contribution in [2.24, 2.45) is 12.5 Å². The fraction of sp³-hybridized carbons (Fsp3) is 0.667. The van der Waals surface area contributed by atoms with Gasteiger partial charge in [-0.1, -0.05) is 27.7 Å². The molecule has 2 rings (SSSR count). The van der Waals surface area contributed by atoms with Gasteiger partial charge in [0, 0.05) is 13.2 Å². The smallest absolute Gasteiger partial charge is 0.250 e. The van der Waals surface area contributed by atoms with Gasteiger partial charge in [0.2, 0.25) is 5.91 Å². The van der Waals surface area contributed by atoms with E-state index in [1.807, 2.05) is 40.9 Å². The first-order chi connectivity index (χ1) is 9.66. The van der Waals surface area contributed by atoms with E-state index in [2.05, 4.69) is 10.4 Å². The number of aryl methyl sites for hydroxylation is 2. The van der Waals surface area contributed by atoms with Gasteiger partial charge in [0.25, 0.3) is 5.91 Å². The van der Waals surface area contributed by atoms with Crippen molar-refractivity contribution in [3.05, 3.63) is 11.9 Å². The highest BCUT2D eigenvalue weighted by molar-refractivity contribution is 6.08. The van der Waals surface area contributed by atoms with Crippen molar-refractivity contribution >= 4 is 17.5 Å². The van der Waals surface area contributed by atoms with Crippen LogP contribution in [0.4, 0.5) is 5.69 Å². The van der Waals surface area contributed by atoms with Gasteiger partial charge in [-0.2, -0.15) is 5.10 Å². The van der Waals surface area contributed by atoms with Gasteiger partial charge < -0.3 is 5.32 Å². The van der Waals surface area contributed by atoms with E-state index in [0.29, 0.717) is 6.42 Å². The van der Waals surface area contributed by atoms with Crippen LogP contribution in [0.3, 0.4) is 0 Å². The second-order valence-electron chi connectivity index (χ2n) is 6.68. The first kappa shape index (κ1) is 15.5. The molecule has 1 aromatic heterocycles. The average Bonchev–Trinajstić information content (AvgIpc) is 2.74. The molecule has 2 unspecified atom stereocenters. The monoisotopic (exact) mass is 292 g/mol. The molecule has 0 aromatic carbocycles. The molecule has 6 nitrogen and oxygen atoms in total. The minimum absolute atomic E-state index is 0.0719. The van der Waals surface area contributed by atoms with Crippen molar-refractivity contribution in [3.8, 4) is 0 Å². The molecule has 6 heteroatoms. The lowest BCUT2D eigenvalue weighted by atomic mass is 9.84. The molecule has 0 spiro atoms. The van der Waals surface area contributed by atoms with Gasteiger partial charge in [-0.25, -0.2) is 0 Å². The van der Waals surface area contributed by atoms with Gasteiger partial charge in [-0.15, -0.1) is 0 Å². The first-order valence-electron chi connectivity index (χ1n) is 7.32. The number of aromatic nitrogens is 2. The Balaban J connectivity index is 2.48. The predicted octanol–water partition coefficient (Wildman–Crippen LogP) is 1.25. The van der Waals surface area contributed by atoms with Gasteiger partial charge in [-0.3, -0.25) is 19.2 Å². The molecule has 116 valence electrons. The van der Waals surface area contributed by atoms with Crippen LogP contribution in [-0.2, 0) is 23.1 Å². The Morgan fingerprint density at radius 2 is 1.95 bits per heavy atom. The molecular weight excluding hydrogens is 268 g/mol. The zero-order valence-corrected chi connectivity index (χ0v) is 13.6. The van der Waals surface area contributed by atoms with Gasteiger partial charge in [-0.05, 0) is 18.8 Å². The molecule has 2 atom stereocenters. The Bertz CT molecular complexity index is 571. The lowest BCUT2D eigenvalue weighted by Gasteiger charge is -2.42. The quantitative estimate of drug-likeness (QED) is 0.892. The number of anilines is 1. The van der Waals surface area contributed by atoms with Crippen molar-refractivity contribution < 1.29 is 9.59 Å².